The monoisotopic (exact) mass is 400 g/mol. The molecular formula is C22H37ClO2S. The molecule has 0 radical (unpaired) electrons. The summed E-state index contributed by atoms with van der Waals surface area (Å²) in [7, 11) is 1.73. The topological polar surface area (TPSA) is 34.1 Å². The van der Waals surface area contributed by atoms with Crippen molar-refractivity contribution >= 4 is 19.7 Å². The van der Waals surface area contributed by atoms with Crippen LogP contribution in [-0.2, 0) is 15.5 Å². The van der Waals surface area contributed by atoms with Gasteiger partial charge in [0.25, 0.3) is 9.05 Å². The molecule has 0 aliphatic heterocycles. The van der Waals surface area contributed by atoms with E-state index in [2.05, 4.69) is 6.92 Å². The van der Waals surface area contributed by atoms with Crippen molar-refractivity contribution in [2.45, 2.75) is 108 Å². The van der Waals surface area contributed by atoms with E-state index < -0.39 is 9.05 Å². The minimum absolute atomic E-state index is 0.184. The lowest BCUT2D eigenvalue weighted by molar-refractivity contribution is 0.535. The third-order valence-electron chi connectivity index (χ3n) is 5.02. The van der Waals surface area contributed by atoms with Crippen LogP contribution in [0.5, 0.6) is 0 Å². The summed E-state index contributed by atoms with van der Waals surface area (Å²) in [6.45, 7) is 2.27. The molecule has 0 saturated heterocycles. The van der Waals surface area contributed by atoms with Crippen molar-refractivity contribution in [1.82, 2.24) is 0 Å². The van der Waals surface area contributed by atoms with E-state index in [1.165, 1.54) is 95.5 Å². The second-order valence-electron chi connectivity index (χ2n) is 7.43. The standard InChI is InChI=1S/C22H37ClO2S/c1-2-3-4-5-6-7-8-9-10-11-12-13-14-15-16-21-17-19-22(20-18-21)26(23,24)25/h17-20H,2-16H2,1H3. The predicted octanol–water partition coefficient (Wildman–Crippen LogP) is 7.64. The zero-order valence-electron chi connectivity index (χ0n) is 16.5. The third kappa shape index (κ3) is 12.0. The van der Waals surface area contributed by atoms with Gasteiger partial charge in [-0.3, -0.25) is 0 Å². The van der Waals surface area contributed by atoms with Gasteiger partial charge in [-0.15, -0.1) is 0 Å². The molecule has 0 aromatic heterocycles. The molecule has 0 unspecified atom stereocenters. The third-order valence-corrected chi connectivity index (χ3v) is 6.39. The molecule has 0 heterocycles. The van der Waals surface area contributed by atoms with Crippen molar-refractivity contribution in [3.05, 3.63) is 29.8 Å². The largest absolute Gasteiger partial charge is 0.261 e. The van der Waals surface area contributed by atoms with Crippen molar-refractivity contribution in [2.24, 2.45) is 0 Å². The smallest absolute Gasteiger partial charge is 0.207 e. The Hall–Kier alpha value is -0.540. The molecule has 0 aliphatic rings. The number of hydrogen-bond donors (Lipinski definition) is 0. The Bertz CT molecular complexity index is 552. The molecule has 0 saturated carbocycles. The molecule has 1 rings (SSSR count). The van der Waals surface area contributed by atoms with Crippen LogP contribution >= 0.6 is 10.7 Å². The molecular weight excluding hydrogens is 364 g/mol. The van der Waals surface area contributed by atoms with E-state index in [-0.39, 0.29) is 4.90 Å². The lowest BCUT2D eigenvalue weighted by Gasteiger charge is -2.04. The van der Waals surface area contributed by atoms with E-state index >= 15 is 0 Å². The summed E-state index contributed by atoms with van der Waals surface area (Å²) in [5.41, 5.74) is 1.19. The molecule has 0 bridgehead atoms. The van der Waals surface area contributed by atoms with Crippen molar-refractivity contribution < 1.29 is 8.42 Å². The van der Waals surface area contributed by atoms with Crippen LogP contribution in [0, 0.1) is 0 Å². The van der Waals surface area contributed by atoms with Gasteiger partial charge in [0.2, 0.25) is 0 Å². The Balaban J connectivity index is 1.90. The summed E-state index contributed by atoms with van der Waals surface area (Å²) in [6, 6.07) is 6.94. The second-order valence-corrected chi connectivity index (χ2v) is 9.99. The first-order valence-corrected chi connectivity index (χ1v) is 12.9. The van der Waals surface area contributed by atoms with E-state index in [1.54, 1.807) is 12.1 Å². The van der Waals surface area contributed by atoms with Crippen LogP contribution in [0.15, 0.2) is 29.2 Å². The highest BCUT2D eigenvalue weighted by molar-refractivity contribution is 8.13. The molecule has 0 amide bonds. The molecule has 1 aromatic carbocycles. The van der Waals surface area contributed by atoms with Gasteiger partial charge in [-0.1, -0.05) is 103 Å². The molecule has 0 N–H and O–H groups in total. The molecule has 1 aromatic rings. The van der Waals surface area contributed by atoms with Crippen molar-refractivity contribution in [3.8, 4) is 0 Å². The van der Waals surface area contributed by atoms with Gasteiger partial charge in [-0.2, -0.15) is 0 Å². The lowest BCUT2D eigenvalue weighted by Crippen LogP contribution is -1.92. The molecule has 0 aliphatic carbocycles. The van der Waals surface area contributed by atoms with Gasteiger partial charge in [0.1, 0.15) is 0 Å². The SMILES string of the molecule is CCCCCCCCCCCCCCCCc1ccc(S(=O)(=O)Cl)cc1. The minimum Gasteiger partial charge on any atom is -0.207 e. The van der Waals surface area contributed by atoms with E-state index in [1.807, 2.05) is 12.1 Å². The Labute approximate surface area is 166 Å². The highest BCUT2D eigenvalue weighted by Crippen LogP contribution is 2.17. The fourth-order valence-corrected chi connectivity index (χ4v) is 4.11. The first-order valence-electron chi connectivity index (χ1n) is 10.6. The minimum atomic E-state index is -3.60. The molecule has 4 heteroatoms. The van der Waals surface area contributed by atoms with Gasteiger partial charge < -0.3 is 0 Å². The number of hydrogen-bond acceptors (Lipinski definition) is 2. The van der Waals surface area contributed by atoms with Crippen LogP contribution in [-0.4, -0.2) is 8.42 Å². The Morgan fingerprint density at radius 3 is 1.42 bits per heavy atom. The summed E-state index contributed by atoms with van der Waals surface area (Å²) >= 11 is 0. The van der Waals surface area contributed by atoms with E-state index in [0.717, 1.165) is 6.42 Å². The average molecular weight is 401 g/mol. The van der Waals surface area contributed by atoms with E-state index in [0.29, 0.717) is 0 Å². The van der Waals surface area contributed by atoms with Crippen LogP contribution in [0.1, 0.15) is 102 Å². The molecule has 2 nitrogen and oxygen atoms in total. The van der Waals surface area contributed by atoms with Crippen molar-refractivity contribution in [3.63, 3.8) is 0 Å². The summed E-state index contributed by atoms with van der Waals surface area (Å²) in [5.74, 6) is 0. The molecule has 26 heavy (non-hydrogen) atoms. The van der Waals surface area contributed by atoms with Gasteiger partial charge in [-0.25, -0.2) is 8.42 Å². The van der Waals surface area contributed by atoms with Crippen molar-refractivity contribution in [1.29, 1.82) is 0 Å². The van der Waals surface area contributed by atoms with Crippen LogP contribution < -0.4 is 0 Å². The fraction of sp³-hybridized carbons (Fsp3) is 0.727. The Morgan fingerprint density at radius 1 is 0.654 bits per heavy atom. The van der Waals surface area contributed by atoms with Gasteiger partial charge >= 0.3 is 0 Å². The molecule has 0 atom stereocenters. The number of unbranched alkanes of at least 4 members (excludes halogenated alkanes) is 13. The first-order chi connectivity index (χ1) is 12.5. The maximum absolute atomic E-state index is 11.2. The van der Waals surface area contributed by atoms with Crippen LogP contribution in [0.4, 0.5) is 0 Å². The van der Waals surface area contributed by atoms with Crippen LogP contribution in [0.2, 0.25) is 0 Å². The average Bonchev–Trinajstić information content (AvgIpc) is 2.61. The number of benzene rings is 1. The molecule has 150 valence electrons. The highest BCUT2D eigenvalue weighted by Gasteiger charge is 2.08. The maximum atomic E-state index is 11.2. The molecule has 0 fully saturated rings. The highest BCUT2D eigenvalue weighted by atomic mass is 35.7. The lowest BCUT2D eigenvalue weighted by atomic mass is 10.0. The number of halogens is 1. The Morgan fingerprint density at radius 2 is 1.04 bits per heavy atom. The predicted molar refractivity (Wildman–Crippen MR) is 113 cm³/mol. The van der Waals surface area contributed by atoms with Crippen molar-refractivity contribution in [2.75, 3.05) is 0 Å². The molecule has 0 spiro atoms. The van der Waals surface area contributed by atoms with Gasteiger partial charge in [0.05, 0.1) is 4.90 Å². The summed E-state index contributed by atoms with van der Waals surface area (Å²) < 4.78 is 22.4. The Kier molecular flexibility index (Phi) is 13.1. The number of rotatable bonds is 16. The quantitative estimate of drug-likeness (QED) is 0.211. The first kappa shape index (κ1) is 23.5. The van der Waals surface area contributed by atoms with E-state index in [4.69, 9.17) is 10.7 Å². The fourth-order valence-electron chi connectivity index (χ4n) is 3.34. The van der Waals surface area contributed by atoms with Crippen LogP contribution in [0.25, 0.3) is 0 Å². The van der Waals surface area contributed by atoms with Gasteiger partial charge in [0, 0.05) is 10.7 Å². The summed E-state index contributed by atoms with van der Waals surface area (Å²) in [5, 5.41) is 0. The van der Waals surface area contributed by atoms with Crippen LogP contribution in [0.3, 0.4) is 0 Å². The number of aryl methyl sites for hydroxylation is 1. The van der Waals surface area contributed by atoms with E-state index in [9.17, 15) is 8.42 Å². The summed E-state index contributed by atoms with van der Waals surface area (Å²) in [4.78, 5) is 0.184. The zero-order valence-corrected chi connectivity index (χ0v) is 18.1. The maximum Gasteiger partial charge on any atom is 0.261 e. The van der Waals surface area contributed by atoms with Gasteiger partial charge in [0.15, 0.2) is 0 Å². The second kappa shape index (κ2) is 14.5. The van der Waals surface area contributed by atoms with Gasteiger partial charge in [-0.05, 0) is 30.5 Å². The normalized spacial score (nSPS) is 11.8. The zero-order chi connectivity index (χ0) is 19.1. The summed E-state index contributed by atoms with van der Waals surface area (Å²) in [6.07, 6.45) is 20.1.